The van der Waals surface area contributed by atoms with Gasteiger partial charge in [0.05, 0.1) is 0 Å². The largest absolute Gasteiger partial charge is 0.271 e. The minimum Gasteiger partial charge on any atom is -0.271 e. The van der Waals surface area contributed by atoms with E-state index in [0.717, 1.165) is 24.2 Å². The third-order valence-corrected chi connectivity index (χ3v) is 4.89. The Morgan fingerprint density at radius 2 is 1.95 bits per heavy atom. The molecule has 0 bridgehead atoms. The third-order valence-electron chi connectivity index (χ3n) is 4.89. The van der Waals surface area contributed by atoms with E-state index in [0.29, 0.717) is 12.0 Å². The molecule has 104 valence electrons. The number of rotatable bonds is 5. The van der Waals surface area contributed by atoms with Crippen molar-refractivity contribution in [3.05, 3.63) is 35.4 Å². The van der Waals surface area contributed by atoms with Gasteiger partial charge >= 0.3 is 0 Å². The Morgan fingerprint density at radius 3 is 2.58 bits per heavy atom. The lowest BCUT2D eigenvalue weighted by Gasteiger charge is -2.25. The van der Waals surface area contributed by atoms with Crippen molar-refractivity contribution in [3.8, 4) is 0 Å². The lowest BCUT2D eigenvalue weighted by Crippen LogP contribution is -2.33. The standard InChI is InChI=1S/C17H26N2/c1-11(2)6-12-4-3-5-13(7-12)17(19-18)16-9-14-8-15(14)10-16/h3-5,7,11,14-17,19H,6,8-10,18H2,1-2H3. The lowest BCUT2D eigenvalue weighted by molar-refractivity contribution is 0.345. The molecule has 2 aliphatic rings. The van der Waals surface area contributed by atoms with Gasteiger partial charge in [0.15, 0.2) is 0 Å². The molecule has 0 aromatic heterocycles. The predicted molar refractivity (Wildman–Crippen MR) is 79.4 cm³/mol. The Balaban J connectivity index is 1.74. The summed E-state index contributed by atoms with van der Waals surface area (Å²) in [7, 11) is 0. The minimum absolute atomic E-state index is 0.347. The summed E-state index contributed by atoms with van der Waals surface area (Å²) in [6, 6.07) is 9.36. The molecule has 0 aliphatic heterocycles. The SMILES string of the molecule is CC(C)Cc1cccc(C(NN)C2CC3CC3C2)c1. The molecule has 3 rings (SSSR count). The number of fused-ring (bicyclic) bond motifs is 1. The average Bonchev–Trinajstić information content (AvgIpc) is 2.97. The van der Waals surface area contributed by atoms with Gasteiger partial charge in [-0.25, -0.2) is 0 Å². The smallest absolute Gasteiger partial charge is 0.0488 e. The Labute approximate surface area is 116 Å². The van der Waals surface area contributed by atoms with Crippen LogP contribution in [-0.4, -0.2) is 0 Å². The van der Waals surface area contributed by atoms with Crippen molar-refractivity contribution in [1.29, 1.82) is 0 Å². The van der Waals surface area contributed by atoms with E-state index >= 15 is 0 Å². The summed E-state index contributed by atoms with van der Waals surface area (Å²) < 4.78 is 0. The number of nitrogens with two attached hydrogens (primary N) is 1. The van der Waals surface area contributed by atoms with E-state index in [2.05, 4.69) is 43.5 Å². The molecule has 0 heterocycles. The number of hydrazine groups is 1. The molecule has 2 fully saturated rings. The average molecular weight is 258 g/mol. The highest BCUT2D eigenvalue weighted by atomic mass is 15.2. The predicted octanol–water partition coefficient (Wildman–Crippen LogP) is 3.44. The van der Waals surface area contributed by atoms with Crippen LogP contribution < -0.4 is 11.3 Å². The zero-order chi connectivity index (χ0) is 13.4. The normalized spacial score (nSPS) is 30.4. The van der Waals surface area contributed by atoms with Gasteiger partial charge in [-0.2, -0.15) is 0 Å². The molecule has 3 N–H and O–H groups in total. The molecule has 2 nitrogen and oxygen atoms in total. The quantitative estimate of drug-likeness (QED) is 0.627. The number of benzene rings is 1. The van der Waals surface area contributed by atoms with Crippen LogP contribution in [0.1, 0.15) is 50.3 Å². The van der Waals surface area contributed by atoms with Crippen LogP contribution in [0, 0.1) is 23.7 Å². The number of nitrogens with one attached hydrogen (secondary N) is 1. The molecule has 19 heavy (non-hydrogen) atoms. The van der Waals surface area contributed by atoms with Gasteiger partial charge < -0.3 is 0 Å². The topological polar surface area (TPSA) is 38.0 Å². The molecule has 2 saturated carbocycles. The van der Waals surface area contributed by atoms with Crippen molar-refractivity contribution in [1.82, 2.24) is 5.43 Å². The van der Waals surface area contributed by atoms with Gasteiger partial charge in [-0.15, -0.1) is 0 Å². The Bertz CT molecular complexity index is 431. The molecule has 2 heteroatoms. The summed E-state index contributed by atoms with van der Waals surface area (Å²) in [5, 5.41) is 0. The van der Waals surface area contributed by atoms with Crippen LogP contribution in [0.25, 0.3) is 0 Å². The molecule has 3 unspecified atom stereocenters. The second-order valence-electron chi connectivity index (χ2n) is 6.97. The zero-order valence-electron chi connectivity index (χ0n) is 12.1. The first-order valence-electron chi connectivity index (χ1n) is 7.72. The highest BCUT2D eigenvalue weighted by molar-refractivity contribution is 5.27. The Kier molecular flexibility index (Phi) is 3.64. The van der Waals surface area contributed by atoms with Gasteiger partial charge in [0, 0.05) is 6.04 Å². The van der Waals surface area contributed by atoms with Crippen LogP contribution in [0.4, 0.5) is 0 Å². The molecule has 0 spiro atoms. The van der Waals surface area contributed by atoms with Crippen molar-refractivity contribution in [2.75, 3.05) is 0 Å². The highest BCUT2D eigenvalue weighted by Gasteiger charge is 2.47. The zero-order valence-corrected chi connectivity index (χ0v) is 12.1. The van der Waals surface area contributed by atoms with Crippen LogP contribution in [0.2, 0.25) is 0 Å². The molecular weight excluding hydrogens is 232 g/mol. The lowest BCUT2D eigenvalue weighted by atomic mass is 9.88. The third kappa shape index (κ3) is 2.85. The van der Waals surface area contributed by atoms with Gasteiger partial charge in [0.2, 0.25) is 0 Å². The summed E-state index contributed by atoms with van der Waals surface area (Å²) in [6.45, 7) is 4.55. The van der Waals surface area contributed by atoms with Crippen LogP contribution in [-0.2, 0) is 6.42 Å². The van der Waals surface area contributed by atoms with Crippen molar-refractivity contribution >= 4 is 0 Å². The van der Waals surface area contributed by atoms with Gasteiger partial charge in [0.1, 0.15) is 0 Å². The second-order valence-corrected chi connectivity index (χ2v) is 6.97. The van der Waals surface area contributed by atoms with E-state index in [4.69, 9.17) is 5.84 Å². The molecule has 0 amide bonds. The Hall–Kier alpha value is -0.860. The van der Waals surface area contributed by atoms with Gasteiger partial charge in [-0.3, -0.25) is 11.3 Å². The fraction of sp³-hybridized carbons (Fsp3) is 0.647. The van der Waals surface area contributed by atoms with E-state index in [9.17, 15) is 0 Å². The fourth-order valence-corrected chi connectivity index (χ4v) is 3.92. The molecule has 2 aliphatic carbocycles. The van der Waals surface area contributed by atoms with Gasteiger partial charge in [-0.05, 0) is 60.5 Å². The minimum atomic E-state index is 0.347. The van der Waals surface area contributed by atoms with Crippen LogP contribution in [0.3, 0.4) is 0 Å². The fourth-order valence-electron chi connectivity index (χ4n) is 3.92. The van der Waals surface area contributed by atoms with Crippen molar-refractivity contribution in [2.45, 2.75) is 45.6 Å². The van der Waals surface area contributed by atoms with Crippen molar-refractivity contribution < 1.29 is 0 Å². The summed E-state index contributed by atoms with van der Waals surface area (Å²) >= 11 is 0. The van der Waals surface area contributed by atoms with Gasteiger partial charge in [0.25, 0.3) is 0 Å². The second kappa shape index (κ2) is 5.26. The molecule has 1 aromatic rings. The maximum absolute atomic E-state index is 5.85. The van der Waals surface area contributed by atoms with Crippen molar-refractivity contribution in [2.24, 2.45) is 29.5 Å². The van der Waals surface area contributed by atoms with E-state index in [1.807, 2.05) is 0 Å². The first kappa shape index (κ1) is 13.1. The summed E-state index contributed by atoms with van der Waals surface area (Å²) in [5.74, 6) is 9.32. The Morgan fingerprint density at radius 1 is 1.21 bits per heavy atom. The van der Waals surface area contributed by atoms with E-state index in [1.54, 1.807) is 0 Å². The number of hydrogen-bond acceptors (Lipinski definition) is 2. The molecular formula is C17H26N2. The van der Waals surface area contributed by atoms with E-state index in [1.165, 1.54) is 30.4 Å². The molecule has 1 aromatic carbocycles. The molecule has 3 atom stereocenters. The first-order chi connectivity index (χ1) is 9.17. The summed E-state index contributed by atoms with van der Waals surface area (Å²) in [6.07, 6.45) is 5.37. The van der Waals surface area contributed by atoms with E-state index in [-0.39, 0.29) is 0 Å². The maximum Gasteiger partial charge on any atom is 0.0488 e. The maximum atomic E-state index is 5.85. The molecule has 0 saturated heterocycles. The monoisotopic (exact) mass is 258 g/mol. The highest BCUT2D eigenvalue weighted by Crippen LogP contribution is 2.57. The van der Waals surface area contributed by atoms with Crippen molar-refractivity contribution in [3.63, 3.8) is 0 Å². The van der Waals surface area contributed by atoms with Gasteiger partial charge in [-0.1, -0.05) is 38.1 Å². The molecule has 0 radical (unpaired) electrons. The van der Waals surface area contributed by atoms with Crippen LogP contribution in [0.5, 0.6) is 0 Å². The summed E-state index contributed by atoms with van der Waals surface area (Å²) in [4.78, 5) is 0. The van der Waals surface area contributed by atoms with Crippen LogP contribution >= 0.6 is 0 Å². The van der Waals surface area contributed by atoms with Crippen LogP contribution in [0.15, 0.2) is 24.3 Å². The summed E-state index contributed by atoms with van der Waals surface area (Å²) in [5.41, 5.74) is 5.90. The number of hydrogen-bond donors (Lipinski definition) is 2. The first-order valence-corrected chi connectivity index (χ1v) is 7.72. The van der Waals surface area contributed by atoms with E-state index < -0.39 is 0 Å².